The molecule has 0 aromatic rings. The van der Waals surface area contributed by atoms with Crippen molar-refractivity contribution in [2.24, 2.45) is 0 Å². The third kappa shape index (κ3) is 4.86. The van der Waals surface area contributed by atoms with Crippen molar-refractivity contribution in [2.75, 3.05) is 38.0 Å². The van der Waals surface area contributed by atoms with Crippen molar-refractivity contribution in [3.63, 3.8) is 0 Å². The Balaban J connectivity index is 2.77. The Morgan fingerprint density at radius 3 is 2.42 bits per heavy atom. The van der Waals surface area contributed by atoms with Crippen LogP contribution in [0, 0.1) is 0 Å². The van der Waals surface area contributed by atoms with Gasteiger partial charge in [0.2, 0.25) is 0 Å². The molecule has 0 aromatic carbocycles. The van der Waals surface area contributed by atoms with E-state index in [-0.39, 0.29) is 24.2 Å². The zero-order chi connectivity index (χ0) is 14.7. The number of halogens is 1. The SMILES string of the molecule is CN(CCS(C)(=O)=O)S(=O)(=O)N1CCCCC1CCl. The number of nitrogens with zero attached hydrogens (tertiary/aromatic N) is 2. The quantitative estimate of drug-likeness (QED) is 0.656. The average Bonchev–Trinajstić information content (AvgIpc) is 2.34. The monoisotopic (exact) mass is 332 g/mol. The molecule has 1 heterocycles. The second kappa shape index (κ2) is 6.71. The zero-order valence-electron chi connectivity index (χ0n) is 11.2. The van der Waals surface area contributed by atoms with E-state index in [0.29, 0.717) is 6.54 Å². The molecular weight excluding hydrogens is 312 g/mol. The first-order valence-corrected chi connectivity index (χ1v) is 10.1. The smallest absolute Gasteiger partial charge is 0.229 e. The summed E-state index contributed by atoms with van der Waals surface area (Å²) < 4.78 is 49.4. The minimum Gasteiger partial charge on any atom is -0.229 e. The van der Waals surface area contributed by atoms with Gasteiger partial charge in [-0.3, -0.25) is 0 Å². The minimum atomic E-state index is -3.63. The molecule has 114 valence electrons. The van der Waals surface area contributed by atoms with Crippen LogP contribution in [0.3, 0.4) is 0 Å². The second-order valence-electron chi connectivity index (χ2n) is 4.87. The second-order valence-corrected chi connectivity index (χ2v) is 9.43. The van der Waals surface area contributed by atoms with E-state index in [9.17, 15) is 16.8 Å². The maximum absolute atomic E-state index is 12.4. The Hall–Kier alpha value is 0.110. The van der Waals surface area contributed by atoms with Crippen LogP contribution in [0.5, 0.6) is 0 Å². The van der Waals surface area contributed by atoms with Crippen LogP contribution in [-0.4, -0.2) is 69.5 Å². The number of alkyl halides is 1. The first-order chi connectivity index (χ1) is 8.68. The summed E-state index contributed by atoms with van der Waals surface area (Å²) in [6.07, 6.45) is 3.63. The number of piperidine rings is 1. The van der Waals surface area contributed by atoms with Gasteiger partial charge in [0.25, 0.3) is 10.2 Å². The Labute approximate surface area is 120 Å². The third-order valence-corrected chi connectivity index (χ3v) is 6.54. The predicted molar refractivity (Wildman–Crippen MR) is 76.3 cm³/mol. The minimum absolute atomic E-state index is 0.0350. The highest BCUT2D eigenvalue weighted by Crippen LogP contribution is 2.22. The molecule has 1 atom stereocenters. The normalized spacial score (nSPS) is 22.8. The molecule has 0 aliphatic carbocycles. The van der Waals surface area contributed by atoms with Gasteiger partial charge < -0.3 is 0 Å². The van der Waals surface area contributed by atoms with Crippen LogP contribution in [0.2, 0.25) is 0 Å². The third-order valence-electron chi connectivity index (χ3n) is 3.22. The lowest BCUT2D eigenvalue weighted by atomic mass is 10.1. The van der Waals surface area contributed by atoms with Gasteiger partial charge in [-0.05, 0) is 12.8 Å². The van der Waals surface area contributed by atoms with Gasteiger partial charge in [0.1, 0.15) is 9.84 Å². The van der Waals surface area contributed by atoms with Gasteiger partial charge in [-0.1, -0.05) is 6.42 Å². The lowest BCUT2D eigenvalue weighted by molar-refractivity contribution is 0.254. The fourth-order valence-electron chi connectivity index (χ4n) is 2.02. The van der Waals surface area contributed by atoms with E-state index in [0.717, 1.165) is 29.8 Å². The van der Waals surface area contributed by atoms with Crippen molar-refractivity contribution in [1.29, 1.82) is 0 Å². The molecule has 1 aliphatic rings. The molecule has 19 heavy (non-hydrogen) atoms. The van der Waals surface area contributed by atoms with Gasteiger partial charge >= 0.3 is 0 Å². The van der Waals surface area contributed by atoms with Crippen molar-refractivity contribution in [1.82, 2.24) is 8.61 Å². The van der Waals surface area contributed by atoms with Crippen LogP contribution in [0.25, 0.3) is 0 Å². The highest BCUT2D eigenvalue weighted by atomic mass is 35.5. The standard InChI is InChI=1S/C10H21ClN2O4S2/c1-12(7-8-18(2,14)15)19(16,17)13-6-4-3-5-10(13)9-11/h10H,3-9H2,1-2H3. The fraction of sp³-hybridized carbons (Fsp3) is 1.00. The van der Waals surface area contributed by atoms with E-state index in [2.05, 4.69) is 0 Å². The van der Waals surface area contributed by atoms with Crippen LogP contribution < -0.4 is 0 Å². The molecule has 6 nitrogen and oxygen atoms in total. The molecule has 0 amide bonds. The molecule has 1 rings (SSSR count). The average molecular weight is 333 g/mol. The summed E-state index contributed by atoms with van der Waals surface area (Å²) in [5, 5.41) is 0. The van der Waals surface area contributed by atoms with Crippen LogP contribution >= 0.6 is 11.6 Å². The van der Waals surface area contributed by atoms with Gasteiger partial charge in [-0.25, -0.2) is 8.42 Å². The molecule has 9 heteroatoms. The van der Waals surface area contributed by atoms with Gasteiger partial charge in [0.15, 0.2) is 0 Å². The van der Waals surface area contributed by atoms with Gasteiger partial charge in [-0.2, -0.15) is 17.0 Å². The van der Waals surface area contributed by atoms with Crippen molar-refractivity contribution in [3.05, 3.63) is 0 Å². The number of rotatable bonds is 6. The van der Waals surface area contributed by atoms with E-state index in [1.54, 1.807) is 0 Å². The van der Waals surface area contributed by atoms with Crippen LogP contribution in [0.15, 0.2) is 0 Å². The van der Waals surface area contributed by atoms with E-state index in [4.69, 9.17) is 11.6 Å². The fourth-order valence-corrected chi connectivity index (χ4v) is 4.74. The number of sulfone groups is 1. The summed E-state index contributed by atoms with van der Waals surface area (Å²) in [7, 11) is -5.40. The van der Waals surface area contributed by atoms with Crippen molar-refractivity contribution < 1.29 is 16.8 Å². The Morgan fingerprint density at radius 1 is 1.26 bits per heavy atom. The summed E-state index contributed by atoms with van der Waals surface area (Å²) in [5.74, 6) is 0.0846. The van der Waals surface area contributed by atoms with E-state index < -0.39 is 20.0 Å². The molecule has 0 aromatic heterocycles. The summed E-state index contributed by atoms with van der Waals surface area (Å²) in [5.41, 5.74) is 0. The molecule has 0 radical (unpaired) electrons. The Kier molecular flexibility index (Phi) is 6.06. The molecule has 0 saturated carbocycles. The van der Waals surface area contributed by atoms with Crippen molar-refractivity contribution >= 4 is 31.6 Å². The van der Waals surface area contributed by atoms with Gasteiger partial charge in [0, 0.05) is 38.3 Å². The molecule has 1 saturated heterocycles. The van der Waals surface area contributed by atoms with Gasteiger partial charge in [-0.15, -0.1) is 11.6 Å². The lowest BCUT2D eigenvalue weighted by Crippen LogP contribution is -2.51. The predicted octanol–water partition coefficient (Wildman–Crippen LogP) is 0.301. The molecule has 1 aliphatic heterocycles. The van der Waals surface area contributed by atoms with Crippen LogP contribution in [-0.2, 0) is 20.0 Å². The van der Waals surface area contributed by atoms with Crippen LogP contribution in [0.1, 0.15) is 19.3 Å². The van der Waals surface area contributed by atoms with Crippen LogP contribution in [0.4, 0.5) is 0 Å². The number of hydrogen-bond donors (Lipinski definition) is 0. The largest absolute Gasteiger partial charge is 0.282 e. The summed E-state index contributed by atoms with van der Waals surface area (Å²) in [6.45, 7) is 0.412. The Bertz CT molecular complexity index is 492. The zero-order valence-corrected chi connectivity index (χ0v) is 13.6. The maximum Gasteiger partial charge on any atom is 0.282 e. The molecule has 0 bridgehead atoms. The Morgan fingerprint density at radius 2 is 1.89 bits per heavy atom. The van der Waals surface area contributed by atoms with Crippen molar-refractivity contribution in [2.45, 2.75) is 25.3 Å². The summed E-state index contributed by atoms with van der Waals surface area (Å²) in [6, 6.07) is -0.193. The summed E-state index contributed by atoms with van der Waals surface area (Å²) >= 11 is 5.81. The first kappa shape index (κ1) is 17.2. The molecular formula is C10H21ClN2O4S2. The van der Waals surface area contributed by atoms with E-state index in [1.165, 1.54) is 11.4 Å². The molecule has 1 unspecified atom stereocenters. The van der Waals surface area contributed by atoms with Gasteiger partial charge in [0.05, 0.1) is 5.75 Å². The maximum atomic E-state index is 12.4. The first-order valence-electron chi connectivity index (χ1n) is 6.15. The van der Waals surface area contributed by atoms with Crippen molar-refractivity contribution in [3.8, 4) is 0 Å². The number of hydrogen-bond acceptors (Lipinski definition) is 4. The van der Waals surface area contributed by atoms with E-state index in [1.807, 2.05) is 0 Å². The molecule has 0 spiro atoms. The van der Waals surface area contributed by atoms with E-state index >= 15 is 0 Å². The lowest BCUT2D eigenvalue weighted by Gasteiger charge is -2.36. The molecule has 1 fully saturated rings. The summed E-state index contributed by atoms with van der Waals surface area (Å²) in [4.78, 5) is 0. The highest BCUT2D eigenvalue weighted by Gasteiger charge is 2.34. The highest BCUT2D eigenvalue weighted by molar-refractivity contribution is 7.90. The topological polar surface area (TPSA) is 74.8 Å². The molecule has 0 N–H and O–H groups in total.